The van der Waals surface area contributed by atoms with Crippen LogP contribution in [0.1, 0.15) is 15.4 Å². The second kappa shape index (κ2) is 9.25. The Morgan fingerprint density at radius 2 is 1.82 bits per heavy atom. The molecule has 11 heteroatoms. The zero-order valence-electron chi connectivity index (χ0n) is 17.0. The van der Waals surface area contributed by atoms with Crippen LogP contribution in [-0.4, -0.2) is 28.0 Å². The Balaban J connectivity index is 1.58. The van der Waals surface area contributed by atoms with E-state index in [1.54, 1.807) is 36.4 Å². The number of nitrogens with zero attached hydrogens (tertiary/aromatic N) is 3. The SMILES string of the molecule is COC(=O)c1ccc(Nc2cc(Oc3sc(C(F)(F)F)nc3-c3ccccc3)ccn2)nc1. The fraction of sp³-hybridized carbons (Fsp3) is 0.0909. The molecule has 0 aliphatic heterocycles. The molecule has 1 aromatic carbocycles. The Hall–Kier alpha value is -3.99. The van der Waals surface area contributed by atoms with Crippen LogP contribution in [0.2, 0.25) is 0 Å². The first-order valence-electron chi connectivity index (χ1n) is 9.42. The zero-order valence-corrected chi connectivity index (χ0v) is 17.8. The molecule has 0 bridgehead atoms. The zero-order chi connectivity index (χ0) is 23.4. The van der Waals surface area contributed by atoms with Gasteiger partial charge in [-0.3, -0.25) is 0 Å². The topological polar surface area (TPSA) is 86.2 Å². The number of nitrogens with one attached hydrogen (secondary N) is 1. The first kappa shape index (κ1) is 22.2. The average Bonchev–Trinajstić information content (AvgIpc) is 3.24. The minimum absolute atomic E-state index is 0.00577. The van der Waals surface area contributed by atoms with Crippen LogP contribution in [-0.2, 0) is 10.9 Å². The van der Waals surface area contributed by atoms with Crippen molar-refractivity contribution in [2.75, 3.05) is 12.4 Å². The fourth-order valence-corrected chi connectivity index (χ4v) is 3.59. The molecule has 0 amide bonds. The molecule has 0 aliphatic carbocycles. The molecule has 3 heterocycles. The lowest BCUT2D eigenvalue weighted by molar-refractivity contribution is -0.137. The summed E-state index contributed by atoms with van der Waals surface area (Å²) >= 11 is 0.417. The second-order valence-corrected chi connectivity index (χ2v) is 7.51. The molecule has 7 nitrogen and oxygen atoms in total. The van der Waals surface area contributed by atoms with E-state index in [1.807, 2.05) is 0 Å². The van der Waals surface area contributed by atoms with Crippen LogP contribution in [0, 0.1) is 0 Å². The predicted molar refractivity (Wildman–Crippen MR) is 116 cm³/mol. The normalized spacial score (nSPS) is 11.2. The van der Waals surface area contributed by atoms with Gasteiger partial charge >= 0.3 is 12.1 Å². The summed E-state index contributed by atoms with van der Waals surface area (Å²) in [5.41, 5.74) is 0.882. The Labute approximate surface area is 189 Å². The van der Waals surface area contributed by atoms with Gasteiger partial charge in [-0.2, -0.15) is 13.2 Å². The highest BCUT2D eigenvalue weighted by atomic mass is 32.1. The largest absolute Gasteiger partial charge is 0.465 e. The van der Waals surface area contributed by atoms with Gasteiger partial charge in [0.1, 0.15) is 23.1 Å². The van der Waals surface area contributed by atoms with Crippen molar-refractivity contribution < 1.29 is 27.4 Å². The van der Waals surface area contributed by atoms with Crippen LogP contribution in [0.25, 0.3) is 11.3 Å². The maximum atomic E-state index is 13.3. The summed E-state index contributed by atoms with van der Waals surface area (Å²) in [6.45, 7) is 0. The van der Waals surface area contributed by atoms with Crippen LogP contribution in [0.5, 0.6) is 10.8 Å². The Morgan fingerprint density at radius 3 is 2.48 bits per heavy atom. The number of benzene rings is 1. The summed E-state index contributed by atoms with van der Waals surface area (Å²) in [5.74, 6) is 0.481. The van der Waals surface area contributed by atoms with Gasteiger partial charge in [-0.1, -0.05) is 41.7 Å². The van der Waals surface area contributed by atoms with Gasteiger partial charge in [-0.15, -0.1) is 0 Å². The van der Waals surface area contributed by atoms with Crippen LogP contribution in [0.4, 0.5) is 24.8 Å². The van der Waals surface area contributed by atoms with Crippen molar-refractivity contribution in [3.8, 4) is 22.1 Å². The van der Waals surface area contributed by atoms with E-state index in [0.717, 1.165) is 0 Å². The monoisotopic (exact) mass is 472 g/mol. The summed E-state index contributed by atoms with van der Waals surface area (Å²) in [6, 6.07) is 14.6. The number of hydrogen-bond acceptors (Lipinski definition) is 8. The highest BCUT2D eigenvalue weighted by Gasteiger charge is 2.37. The van der Waals surface area contributed by atoms with Crippen molar-refractivity contribution in [3.63, 3.8) is 0 Å². The van der Waals surface area contributed by atoms with E-state index in [9.17, 15) is 18.0 Å². The van der Waals surface area contributed by atoms with Gasteiger partial charge in [0.25, 0.3) is 0 Å². The van der Waals surface area contributed by atoms with Gasteiger partial charge in [0.15, 0.2) is 0 Å². The molecule has 33 heavy (non-hydrogen) atoms. The number of carbonyl (C=O) groups excluding carboxylic acids is 1. The third-order valence-electron chi connectivity index (χ3n) is 4.27. The van der Waals surface area contributed by atoms with Crippen molar-refractivity contribution in [1.82, 2.24) is 15.0 Å². The number of pyridine rings is 2. The molecule has 1 N–H and O–H groups in total. The number of anilines is 2. The minimum atomic E-state index is -4.59. The molecule has 4 aromatic rings. The molecule has 0 unspecified atom stereocenters. The van der Waals surface area contributed by atoms with E-state index >= 15 is 0 Å². The van der Waals surface area contributed by atoms with Gasteiger partial charge in [0, 0.05) is 24.0 Å². The standard InChI is InChI=1S/C22H15F3N4O3S/c1-31-19(30)14-7-8-16(27-12-14)28-17-11-15(9-10-26-17)32-20-18(13-5-3-2-4-6-13)29-21(33-20)22(23,24)25/h2-12H,1H3,(H,26,27,28). The molecular formula is C22H15F3N4O3S. The molecule has 0 saturated heterocycles. The Bertz CT molecular complexity index is 1260. The lowest BCUT2D eigenvalue weighted by Crippen LogP contribution is -2.03. The van der Waals surface area contributed by atoms with E-state index in [1.165, 1.54) is 37.7 Å². The number of aromatic nitrogens is 3. The van der Waals surface area contributed by atoms with Crippen molar-refractivity contribution in [3.05, 3.63) is 77.6 Å². The number of alkyl halides is 3. The molecule has 0 spiro atoms. The Morgan fingerprint density at radius 1 is 1.03 bits per heavy atom. The molecule has 0 radical (unpaired) electrons. The molecule has 3 aromatic heterocycles. The molecule has 0 atom stereocenters. The predicted octanol–water partition coefficient (Wildman–Crippen LogP) is 5.94. The van der Waals surface area contributed by atoms with Crippen molar-refractivity contribution in [2.45, 2.75) is 6.18 Å². The maximum Gasteiger partial charge on any atom is 0.443 e. The molecule has 0 saturated carbocycles. The van der Waals surface area contributed by atoms with Crippen LogP contribution < -0.4 is 10.1 Å². The van der Waals surface area contributed by atoms with Crippen LogP contribution >= 0.6 is 11.3 Å². The third kappa shape index (κ3) is 5.26. The van der Waals surface area contributed by atoms with Gasteiger partial charge in [-0.05, 0) is 18.2 Å². The number of carbonyl (C=O) groups is 1. The molecule has 0 fully saturated rings. The van der Waals surface area contributed by atoms with Crippen LogP contribution in [0.15, 0.2) is 67.0 Å². The summed E-state index contributed by atoms with van der Waals surface area (Å²) in [5, 5.41) is 1.95. The summed E-state index contributed by atoms with van der Waals surface area (Å²) in [6.07, 6.45) is -1.81. The quantitative estimate of drug-likeness (QED) is 0.348. The number of thiazole rings is 1. The van der Waals surface area contributed by atoms with Crippen LogP contribution in [0.3, 0.4) is 0 Å². The molecule has 4 rings (SSSR count). The van der Waals surface area contributed by atoms with Crippen molar-refractivity contribution >= 4 is 28.9 Å². The van der Waals surface area contributed by atoms with Gasteiger partial charge in [-0.25, -0.2) is 19.7 Å². The molecular weight excluding hydrogens is 457 g/mol. The number of methoxy groups -OCH3 is 1. The van der Waals surface area contributed by atoms with Crippen molar-refractivity contribution in [2.24, 2.45) is 0 Å². The van der Waals surface area contributed by atoms with E-state index in [4.69, 9.17) is 4.74 Å². The fourth-order valence-electron chi connectivity index (χ4n) is 2.76. The first-order chi connectivity index (χ1) is 15.8. The highest BCUT2D eigenvalue weighted by Crippen LogP contribution is 2.44. The Kier molecular flexibility index (Phi) is 6.22. The number of rotatable bonds is 6. The lowest BCUT2D eigenvalue weighted by atomic mass is 10.2. The van der Waals surface area contributed by atoms with Gasteiger partial charge in [0.2, 0.25) is 10.1 Å². The number of esters is 1. The van der Waals surface area contributed by atoms with E-state index < -0.39 is 17.2 Å². The average molecular weight is 472 g/mol. The van der Waals surface area contributed by atoms with E-state index in [0.29, 0.717) is 28.5 Å². The minimum Gasteiger partial charge on any atom is -0.465 e. The summed E-state index contributed by atoms with van der Waals surface area (Å²) in [7, 11) is 1.27. The summed E-state index contributed by atoms with van der Waals surface area (Å²) < 4.78 is 50.2. The highest BCUT2D eigenvalue weighted by molar-refractivity contribution is 7.14. The molecule has 0 aliphatic rings. The summed E-state index contributed by atoms with van der Waals surface area (Å²) in [4.78, 5) is 23.5. The second-order valence-electron chi connectivity index (χ2n) is 6.55. The number of ether oxygens (including phenoxy) is 2. The van der Waals surface area contributed by atoms with Crippen molar-refractivity contribution in [1.29, 1.82) is 0 Å². The van der Waals surface area contributed by atoms with Gasteiger partial charge < -0.3 is 14.8 Å². The van der Waals surface area contributed by atoms with Gasteiger partial charge in [0.05, 0.1) is 12.7 Å². The van der Waals surface area contributed by atoms with E-state index in [-0.39, 0.29) is 22.1 Å². The smallest absolute Gasteiger partial charge is 0.443 e. The van der Waals surface area contributed by atoms with E-state index in [2.05, 4.69) is 25.0 Å². The lowest BCUT2D eigenvalue weighted by Gasteiger charge is -2.09. The number of halogens is 3. The number of hydrogen-bond donors (Lipinski definition) is 1. The maximum absolute atomic E-state index is 13.3. The first-order valence-corrected chi connectivity index (χ1v) is 10.2. The molecule has 168 valence electrons. The third-order valence-corrected chi connectivity index (χ3v) is 5.25.